The van der Waals surface area contributed by atoms with Gasteiger partial charge in [-0.15, -0.1) is 0 Å². The lowest BCUT2D eigenvalue weighted by Crippen LogP contribution is -2.16. The molecular weight excluding hydrogens is 362 g/mol. The zero-order chi connectivity index (χ0) is 19.9. The van der Waals surface area contributed by atoms with Crippen molar-refractivity contribution in [1.82, 2.24) is 0 Å². The number of methoxy groups -OCH3 is 3. The monoisotopic (exact) mass is 387 g/mol. The maximum Gasteiger partial charge on any atom is 0.255 e. The molecule has 7 nitrogen and oxygen atoms in total. The summed E-state index contributed by atoms with van der Waals surface area (Å²) in [6, 6.07) is 10.4. The summed E-state index contributed by atoms with van der Waals surface area (Å²) in [5, 5.41) is 2.85. The minimum atomic E-state index is -0.285. The SMILES string of the molecule is COc1cc(C(=O)Nc2ccc(OCC3CCCO3)cc2)cc(OC)c1OC. The van der Waals surface area contributed by atoms with Crippen LogP contribution >= 0.6 is 0 Å². The molecule has 150 valence electrons. The second-order valence-corrected chi connectivity index (χ2v) is 6.34. The number of amides is 1. The highest BCUT2D eigenvalue weighted by Gasteiger charge is 2.18. The Kier molecular flexibility index (Phi) is 6.60. The van der Waals surface area contributed by atoms with E-state index < -0.39 is 0 Å². The van der Waals surface area contributed by atoms with E-state index in [-0.39, 0.29) is 12.0 Å². The summed E-state index contributed by atoms with van der Waals surface area (Å²) < 4.78 is 27.1. The van der Waals surface area contributed by atoms with E-state index in [1.54, 1.807) is 24.3 Å². The lowest BCUT2D eigenvalue weighted by molar-refractivity contribution is 0.0679. The standard InChI is InChI=1S/C21H25NO6/c1-24-18-11-14(12-19(25-2)20(18)26-3)21(23)22-15-6-8-16(9-7-15)28-13-17-5-4-10-27-17/h6-9,11-12,17H,4-5,10,13H2,1-3H3,(H,22,23). The minimum absolute atomic E-state index is 0.166. The number of rotatable bonds is 8. The third kappa shape index (κ3) is 4.67. The number of hydrogen-bond acceptors (Lipinski definition) is 6. The lowest BCUT2D eigenvalue weighted by atomic mass is 10.1. The summed E-state index contributed by atoms with van der Waals surface area (Å²) in [6.45, 7) is 1.34. The maximum atomic E-state index is 12.6. The summed E-state index contributed by atoms with van der Waals surface area (Å²) in [6.07, 6.45) is 2.28. The Hall–Kier alpha value is -2.93. The van der Waals surface area contributed by atoms with Gasteiger partial charge >= 0.3 is 0 Å². The van der Waals surface area contributed by atoms with Crippen molar-refractivity contribution >= 4 is 11.6 Å². The molecule has 7 heteroatoms. The van der Waals surface area contributed by atoms with Crippen molar-refractivity contribution in [2.75, 3.05) is 39.9 Å². The van der Waals surface area contributed by atoms with Gasteiger partial charge in [0, 0.05) is 17.9 Å². The molecule has 2 aromatic carbocycles. The molecule has 0 saturated carbocycles. The summed E-state index contributed by atoms with van der Waals surface area (Å²) in [7, 11) is 4.53. The van der Waals surface area contributed by atoms with Crippen LogP contribution in [0.4, 0.5) is 5.69 Å². The first-order chi connectivity index (χ1) is 13.6. The number of ether oxygens (including phenoxy) is 5. The summed E-state index contributed by atoms with van der Waals surface area (Å²) in [5.41, 5.74) is 1.05. The second kappa shape index (κ2) is 9.32. The Bertz CT molecular complexity index is 774. The molecule has 1 aliphatic heterocycles. The van der Waals surface area contributed by atoms with Crippen LogP contribution in [0.5, 0.6) is 23.0 Å². The Morgan fingerprint density at radius 3 is 2.29 bits per heavy atom. The average Bonchev–Trinajstić information content (AvgIpc) is 3.25. The van der Waals surface area contributed by atoms with E-state index in [0.29, 0.717) is 35.1 Å². The molecule has 0 spiro atoms. The van der Waals surface area contributed by atoms with Gasteiger partial charge in [-0.2, -0.15) is 0 Å². The molecule has 3 rings (SSSR count). The number of nitrogens with one attached hydrogen (secondary N) is 1. The fourth-order valence-electron chi connectivity index (χ4n) is 3.01. The van der Waals surface area contributed by atoms with Gasteiger partial charge in [0.25, 0.3) is 5.91 Å². The number of benzene rings is 2. The number of carbonyl (C=O) groups excluding carboxylic acids is 1. The van der Waals surface area contributed by atoms with Crippen molar-refractivity contribution in [3.8, 4) is 23.0 Å². The average molecular weight is 387 g/mol. The van der Waals surface area contributed by atoms with Gasteiger partial charge in [0.05, 0.1) is 27.4 Å². The van der Waals surface area contributed by atoms with E-state index in [0.717, 1.165) is 25.2 Å². The molecule has 0 radical (unpaired) electrons. The molecule has 1 fully saturated rings. The molecule has 2 aromatic rings. The van der Waals surface area contributed by atoms with Gasteiger partial charge in [-0.25, -0.2) is 0 Å². The first-order valence-electron chi connectivity index (χ1n) is 9.10. The van der Waals surface area contributed by atoms with Crippen LogP contribution in [0, 0.1) is 0 Å². The van der Waals surface area contributed by atoms with Crippen molar-refractivity contribution in [3.63, 3.8) is 0 Å². The van der Waals surface area contributed by atoms with Crippen LogP contribution in [0.2, 0.25) is 0 Å². The van der Waals surface area contributed by atoms with Crippen molar-refractivity contribution in [2.24, 2.45) is 0 Å². The van der Waals surface area contributed by atoms with Crippen LogP contribution in [-0.4, -0.2) is 46.6 Å². The molecule has 0 bridgehead atoms. The van der Waals surface area contributed by atoms with E-state index in [1.807, 2.05) is 12.1 Å². The molecule has 1 N–H and O–H groups in total. The van der Waals surface area contributed by atoms with Crippen LogP contribution < -0.4 is 24.3 Å². The van der Waals surface area contributed by atoms with Gasteiger partial charge in [-0.1, -0.05) is 0 Å². The van der Waals surface area contributed by atoms with Crippen molar-refractivity contribution in [2.45, 2.75) is 18.9 Å². The highest BCUT2D eigenvalue weighted by molar-refractivity contribution is 6.05. The molecule has 1 amide bonds. The van der Waals surface area contributed by atoms with Crippen molar-refractivity contribution in [1.29, 1.82) is 0 Å². The third-order valence-electron chi connectivity index (χ3n) is 4.50. The van der Waals surface area contributed by atoms with Gasteiger partial charge in [0.15, 0.2) is 11.5 Å². The number of anilines is 1. The fourth-order valence-corrected chi connectivity index (χ4v) is 3.01. The Morgan fingerprint density at radius 2 is 1.75 bits per heavy atom. The predicted molar refractivity (Wildman–Crippen MR) is 105 cm³/mol. The topological polar surface area (TPSA) is 75.3 Å². The van der Waals surface area contributed by atoms with Gasteiger partial charge < -0.3 is 29.0 Å². The van der Waals surface area contributed by atoms with Gasteiger partial charge in [0.2, 0.25) is 5.75 Å². The molecule has 1 unspecified atom stereocenters. The zero-order valence-corrected chi connectivity index (χ0v) is 16.3. The molecule has 1 heterocycles. The van der Waals surface area contributed by atoms with Gasteiger partial charge in [-0.3, -0.25) is 4.79 Å². The van der Waals surface area contributed by atoms with E-state index in [2.05, 4.69) is 5.32 Å². The molecule has 1 saturated heterocycles. The molecule has 1 aliphatic rings. The maximum absolute atomic E-state index is 12.6. The minimum Gasteiger partial charge on any atom is -0.493 e. The smallest absolute Gasteiger partial charge is 0.255 e. The Labute approximate surface area is 164 Å². The number of hydrogen-bond donors (Lipinski definition) is 1. The van der Waals surface area contributed by atoms with Crippen LogP contribution in [0.25, 0.3) is 0 Å². The van der Waals surface area contributed by atoms with E-state index in [1.165, 1.54) is 21.3 Å². The highest BCUT2D eigenvalue weighted by atomic mass is 16.5. The first-order valence-corrected chi connectivity index (χ1v) is 9.10. The van der Waals surface area contributed by atoms with Crippen molar-refractivity contribution in [3.05, 3.63) is 42.0 Å². The number of carbonyl (C=O) groups is 1. The van der Waals surface area contributed by atoms with E-state index in [9.17, 15) is 4.79 Å². The second-order valence-electron chi connectivity index (χ2n) is 6.34. The highest BCUT2D eigenvalue weighted by Crippen LogP contribution is 2.38. The molecular formula is C21H25NO6. The fraction of sp³-hybridized carbons (Fsp3) is 0.381. The normalized spacial score (nSPS) is 15.8. The largest absolute Gasteiger partial charge is 0.493 e. The van der Waals surface area contributed by atoms with E-state index in [4.69, 9.17) is 23.7 Å². The van der Waals surface area contributed by atoms with E-state index >= 15 is 0 Å². The Morgan fingerprint density at radius 1 is 1.07 bits per heavy atom. The summed E-state index contributed by atoms with van der Waals surface area (Å²) in [4.78, 5) is 12.6. The van der Waals surface area contributed by atoms with Crippen molar-refractivity contribution < 1.29 is 28.5 Å². The summed E-state index contributed by atoms with van der Waals surface area (Å²) in [5.74, 6) is 1.73. The van der Waals surface area contributed by atoms with Gasteiger partial charge in [0.1, 0.15) is 12.4 Å². The van der Waals surface area contributed by atoms with Crippen LogP contribution in [-0.2, 0) is 4.74 Å². The van der Waals surface area contributed by atoms with Crippen LogP contribution in [0.3, 0.4) is 0 Å². The van der Waals surface area contributed by atoms with Crippen LogP contribution in [0.15, 0.2) is 36.4 Å². The van der Waals surface area contributed by atoms with Crippen LogP contribution in [0.1, 0.15) is 23.2 Å². The molecule has 1 atom stereocenters. The third-order valence-corrected chi connectivity index (χ3v) is 4.50. The molecule has 0 aromatic heterocycles. The lowest BCUT2D eigenvalue weighted by Gasteiger charge is -2.14. The first kappa shape index (κ1) is 19.8. The Balaban J connectivity index is 1.65. The molecule has 28 heavy (non-hydrogen) atoms. The zero-order valence-electron chi connectivity index (χ0n) is 16.3. The van der Waals surface area contributed by atoms with Gasteiger partial charge in [-0.05, 0) is 49.2 Å². The predicted octanol–water partition coefficient (Wildman–Crippen LogP) is 3.52. The molecule has 0 aliphatic carbocycles. The summed E-state index contributed by atoms with van der Waals surface area (Å²) >= 11 is 0. The quantitative estimate of drug-likeness (QED) is 0.747.